The highest BCUT2D eigenvalue weighted by Gasteiger charge is 2.33. The Bertz CT molecular complexity index is 909. The van der Waals surface area contributed by atoms with Gasteiger partial charge in [-0.3, -0.25) is 9.59 Å². The Morgan fingerprint density at radius 1 is 1.10 bits per heavy atom. The molecule has 1 aromatic carbocycles. The number of aryl methyl sites for hydroxylation is 2. The first-order valence-corrected chi connectivity index (χ1v) is 10.3. The molecular formula is C22H28N4O3. The molecule has 0 aliphatic carbocycles. The molecule has 2 saturated heterocycles. The minimum Gasteiger partial charge on any atom is -0.343 e. The summed E-state index contributed by atoms with van der Waals surface area (Å²) >= 11 is 0. The number of likely N-dealkylation sites (tertiary alicyclic amines) is 2. The topological polar surface area (TPSA) is 79.5 Å². The number of carbonyl (C=O) groups excluding carboxylic acids is 2. The van der Waals surface area contributed by atoms with Gasteiger partial charge in [-0.05, 0) is 49.9 Å². The smallest absolute Gasteiger partial charge is 0.253 e. The summed E-state index contributed by atoms with van der Waals surface area (Å²) in [5, 5.41) is 4.17. The van der Waals surface area contributed by atoms with Crippen LogP contribution >= 0.6 is 0 Å². The van der Waals surface area contributed by atoms with E-state index in [4.69, 9.17) is 4.52 Å². The highest BCUT2D eigenvalue weighted by Crippen LogP contribution is 2.27. The van der Waals surface area contributed by atoms with Crippen LogP contribution in [0.1, 0.15) is 58.9 Å². The molecule has 3 heterocycles. The normalized spacial score (nSPS) is 18.0. The monoisotopic (exact) mass is 396 g/mol. The second-order valence-corrected chi connectivity index (χ2v) is 8.41. The quantitative estimate of drug-likeness (QED) is 0.794. The Hall–Kier alpha value is -2.70. The van der Waals surface area contributed by atoms with E-state index in [1.54, 1.807) is 6.92 Å². The Morgan fingerprint density at radius 2 is 1.83 bits per heavy atom. The first-order valence-electron chi connectivity index (χ1n) is 10.3. The lowest BCUT2D eigenvalue weighted by atomic mass is 9.94. The van der Waals surface area contributed by atoms with Crippen LogP contribution in [0.4, 0.5) is 0 Å². The van der Waals surface area contributed by atoms with Gasteiger partial charge in [-0.25, -0.2) is 0 Å². The zero-order valence-electron chi connectivity index (χ0n) is 17.4. The van der Waals surface area contributed by atoms with E-state index in [-0.39, 0.29) is 17.7 Å². The second kappa shape index (κ2) is 7.97. The van der Waals surface area contributed by atoms with Crippen molar-refractivity contribution < 1.29 is 14.1 Å². The van der Waals surface area contributed by atoms with Gasteiger partial charge in [0, 0.05) is 56.9 Å². The van der Waals surface area contributed by atoms with Gasteiger partial charge in [-0.1, -0.05) is 11.2 Å². The molecule has 0 N–H and O–H groups in total. The molecule has 29 heavy (non-hydrogen) atoms. The van der Waals surface area contributed by atoms with Crippen molar-refractivity contribution in [3.05, 3.63) is 46.6 Å². The van der Waals surface area contributed by atoms with E-state index in [0.29, 0.717) is 18.2 Å². The lowest BCUT2D eigenvalue weighted by molar-refractivity contribution is -0.129. The minimum absolute atomic E-state index is 0.0906. The minimum atomic E-state index is 0.0906. The predicted octanol–water partition coefficient (Wildman–Crippen LogP) is 2.73. The highest BCUT2D eigenvalue weighted by atomic mass is 16.5. The third-order valence-electron chi connectivity index (χ3n) is 6.25. The van der Waals surface area contributed by atoms with Crippen molar-refractivity contribution in [2.45, 2.75) is 46.0 Å². The van der Waals surface area contributed by atoms with E-state index in [1.807, 2.05) is 34.9 Å². The summed E-state index contributed by atoms with van der Waals surface area (Å²) in [5.74, 6) is 2.24. The highest BCUT2D eigenvalue weighted by molar-refractivity contribution is 5.95. The largest absolute Gasteiger partial charge is 0.343 e. The van der Waals surface area contributed by atoms with E-state index in [2.05, 4.69) is 17.1 Å². The molecule has 0 atom stereocenters. The van der Waals surface area contributed by atoms with Crippen LogP contribution in [0.5, 0.6) is 0 Å². The number of benzene rings is 1. The Kier molecular flexibility index (Phi) is 5.39. The predicted molar refractivity (Wildman–Crippen MR) is 108 cm³/mol. The first kappa shape index (κ1) is 19.6. The van der Waals surface area contributed by atoms with Crippen LogP contribution < -0.4 is 0 Å². The maximum atomic E-state index is 12.6. The summed E-state index contributed by atoms with van der Waals surface area (Å²) in [6.45, 7) is 8.64. The molecule has 4 rings (SSSR count). The van der Waals surface area contributed by atoms with Crippen molar-refractivity contribution in [3.8, 4) is 0 Å². The zero-order valence-corrected chi connectivity index (χ0v) is 17.4. The number of nitrogens with zero attached hydrogens (tertiary/aromatic N) is 4. The molecule has 2 aliphatic rings. The molecule has 154 valence electrons. The summed E-state index contributed by atoms with van der Waals surface area (Å²) in [5.41, 5.74) is 3.09. The summed E-state index contributed by atoms with van der Waals surface area (Å²) < 4.78 is 5.46. The zero-order chi connectivity index (χ0) is 20.5. The first-order chi connectivity index (χ1) is 13.9. The molecule has 0 spiro atoms. The fourth-order valence-electron chi connectivity index (χ4n) is 4.14. The average molecular weight is 396 g/mol. The molecule has 0 unspecified atom stereocenters. The Labute approximate surface area is 171 Å². The summed E-state index contributed by atoms with van der Waals surface area (Å²) in [4.78, 5) is 32.4. The molecule has 7 nitrogen and oxygen atoms in total. The third-order valence-corrected chi connectivity index (χ3v) is 6.25. The SMILES string of the molecule is CC(=O)N1CCC(c2noc(CC3CN(C(=O)c4ccc(C)c(C)c4)C3)n2)CC1. The van der Waals surface area contributed by atoms with Gasteiger partial charge < -0.3 is 14.3 Å². The molecular weight excluding hydrogens is 368 g/mol. The standard InChI is InChI=1S/C22H28N4O3/c1-14-4-5-19(10-15(14)2)22(28)26-12-17(13-26)11-20-23-21(24-29-20)18-6-8-25(9-7-18)16(3)27/h4-5,10,17-18H,6-9,11-13H2,1-3H3. The summed E-state index contributed by atoms with van der Waals surface area (Å²) in [6.07, 6.45) is 2.45. The van der Waals surface area contributed by atoms with Gasteiger partial charge in [-0.2, -0.15) is 4.98 Å². The van der Waals surface area contributed by atoms with E-state index in [0.717, 1.165) is 56.0 Å². The molecule has 1 aromatic heterocycles. The molecule has 0 bridgehead atoms. The molecule has 2 fully saturated rings. The third kappa shape index (κ3) is 4.18. The van der Waals surface area contributed by atoms with Gasteiger partial charge in [-0.15, -0.1) is 0 Å². The maximum Gasteiger partial charge on any atom is 0.253 e. The number of hydrogen-bond donors (Lipinski definition) is 0. The number of aromatic nitrogens is 2. The van der Waals surface area contributed by atoms with Crippen molar-refractivity contribution in [2.24, 2.45) is 5.92 Å². The summed E-state index contributed by atoms with van der Waals surface area (Å²) in [6, 6.07) is 5.87. The molecule has 2 amide bonds. The Morgan fingerprint density at radius 3 is 2.48 bits per heavy atom. The van der Waals surface area contributed by atoms with E-state index < -0.39 is 0 Å². The average Bonchev–Trinajstić information content (AvgIpc) is 3.15. The molecule has 2 aromatic rings. The maximum absolute atomic E-state index is 12.6. The van der Waals surface area contributed by atoms with Crippen LogP contribution in [0.2, 0.25) is 0 Å². The van der Waals surface area contributed by atoms with E-state index in [9.17, 15) is 9.59 Å². The van der Waals surface area contributed by atoms with Crippen LogP contribution in [0.15, 0.2) is 22.7 Å². The summed E-state index contributed by atoms with van der Waals surface area (Å²) in [7, 11) is 0. The lowest BCUT2D eigenvalue weighted by Crippen LogP contribution is -2.50. The van der Waals surface area contributed by atoms with Crippen molar-refractivity contribution in [3.63, 3.8) is 0 Å². The number of carbonyl (C=O) groups is 2. The van der Waals surface area contributed by atoms with Crippen LogP contribution in [-0.2, 0) is 11.2 Å². The van der Waals surface area contributed by atoms with Gasteiger partial charge in [0.2, 0.25) is 11.8 Å². The number of rotatable bonds is 4. The molecule has 0 saturated carbocycles. The van der Waals surface area contributed by atoms with Crippen LogP contribution in [0.25, 0.3) is 0 Å². The molecule has 0 radical (unpaired) electrons. The van der Waals surface area contributed by atoms with Gasteiger partial charge in [0.25, 0.3) is 5.91 Å². The van der Waals surface area contributed by atoms with Crippen LogP contribution in [0.3, 0.4) is 0 Å². The van der Waals surface area contributed by atoms with Crippen molar-refractivity contribution in [2.75, 3.05) is 26.2 Å². The number of piperidine rings is 1. The van der Waals surface area contributed by atoms with E-state index >= 15 is 0 Å². The van der Waals surface area contributed by atoms with Crippen LogP contribution in [0, 0.1) is 19.8 Å². The second-order valence-electron chi connectivity index (χ2n) is 8.41. The van der Waals surface area contributed by atoms with Gasteiger partial charge in [0.15, 0.2) is 5.82 Å². The van der Waals surface area contributed by atoms with Gasteiger partial charge >= 0.3 is 0 Å². The number of hydrogen-bond acceptors (Lipinski definition) is 5. The van der Waals surface area contributed by atoms with Gasteiger partial charge in [0.1, 0.15) is 0 Å². The van der Waals surface area contributed by atoms with Gasteiger partial charge in [0.05, 0.1) is 0 Å². The van der Waals surface area contributed by atoms with Crippen LogP contribution in [-0.4, -0.2) is 57.9 Å². The fraction of sp³-hybridized carbons (Fsp3) is 0.545. The van der Waals surface area contributed by atoms with Crippen molar-refractivity contribution in [1.29, 1.82) is 0 Å². The van der Waals surface area contributed by atoms with Crippen molar-refractivity contribution >= 4 is 11.8 Å². The Balaban J connectivity index is 1.27. The number of amides is 2. The fourth-order valence-corrected chi connectivity index (χ4v) is 4.14. The lowest BCUT2D eigenvalue weighted by Gasteiger charge is -2.38. The van der Waals surface area contributed by atoms with Crippen molar-refractivity contribution in [1.82, 2.24) is 19.9 Å². The molecule has 7 heteroatoms. The van der Waals surface area contributed by atoms with E-state index in [1.165, 1.54) is 5.56 Å². The molecule has 2 aliphatic heterocycles.